The first-order chi connectivity index (χ1) is 11.9. The van der Waals surface area contributed by atoms with Gasteiger partial charge in [-0.25, -0.2) is 9.67 Å². The Kier molecular flexibility index (Phi) is 6.36. The van der Waals surface area contributed by atoms with Crippen LogP contribution in [0.2, 0.25) is 0 Å². The molecular formula is C18H27ClN6O. The van der Waals surface area contributed by atoms with Gasteiger partial charge < -0.3 is 9.84 Å². The SMILES string of the molecule is CNC(C)Cc1noc(-c2cc(C(C)C)nc3c2cnn3C(C)C)n1.Cl. The van der Waals surface area contributed by atoms with Crippen molar-refractivity contribution in [2.45, 2.75) is 59.0 Å². The third-order valence-electron chi connectivity index (χ3n) is 4.35. The van der Waals surface area contributed by atoms with E-state index in [0.717, 1.165) is 28.7 Å². The standard InChI is InChI=1S/C18H26N6O.ClH/c1-10(2)15-8-13(14-9-20-24(11(3)4)17(14)21-15)18-22-16(23-25-18)7-12(5)19-6;/h8-12,19H,7H2,1-6H3;1H. The van der Waals surface area contributed by atoms with Gasteiger partial charge in [0.1, 0.15) is 0 Å². The fraction of sp³-hybridized carbons (Fsp3) is 0.556. The zero-order valence-electron chi connectivity index (χ0n) is 16.1. The molecular weight excluding hydrogens is 352 g/mol. The van der Waals surface area contributed by atoms with Crippen molar-refractivity contribution in [1.29, 1.82) is 0 Å². The molecule has 0 aliphatic carbocycles. The summed E-state index contributed by atoms with van der Waals surface area (Å²) in [6.07, 6.45) is 2.55. The molecule has 3 aromatic heterocycles. The van der Waals surface area contributed by atoms with Gasteiger partial charge >= 0.3 is 0 Å². The predicted octanol–water partition coefficient (Wildman–Crippen LogP) is 3.76. The quantitative estimate of drug-likeness (QED) is 0.703. The second kappa shape index (κ2) is 8.14. The molecule has 0 aliphatic rings. The third kappa shape index (κ3) is 3.88. The summed E-state index contributed by atoms with van der Waals surface area (Å²) in [6, 6.07) is 2.56. The molecule has 0 spiro atoms. The second-order valence-corrected chi connectivity index (χ2v) is 7.08. The number of fused-ring (bicyclic) bond motifs is 1. The Labute approximate surface area is 160 Å². The molecule has 0 radical (unpaired) electrons. The molecule has 26 heavy (non-hydrogen) atoms. The first-order valence-corrected chi connectivity index (χ1v) is 8.79. The Morgan fingerprint density at radius 1 is 1.15 bits per heavy atom. The van der Waals surface area contributed by atoms with Crippen LogP contribution in [-0.4, -0.2) is 38.0 Å². The molecule has 1 unspecified atom stereocenters. The average Bonchev–Trinajstić information content (AvgIpc) is 3.20. The monoisotopic (exact) mass is 378 g/mol. The molecule has 0 amide bonds. The van der Waals surface area contributed by atoms with Gasteiger partial charge in [-0.1, -0.05) is 19.0 Å². The zero-order valence-corrected chi connectivity index (χ0v) is 17.0. The smallest absolute Gasteiger partial charge is 0.258 e. The topological polar surface area (TPSA) is 81.7 Å². The van der Waals surface area contributed by atoms with Crippen molar-refractivity contribution in [1.82, 2.24) is 30.2 Å². The van der Waals surface area contributed by atoms with E-state index in [1.54, 1.807) is 0 Å². The number of likely N-dealkylation sites (N-methyl/N-ethyl adjacent to an activating group) is 1. The van der Waals surface area contributed by atoms with Gasteiger partial charge in [-0.05, 0) is 39.8 Å². The van der Waals surface area contributed by atoms with Crippen molar-refractivity contribution >= 4 is 23.4 Å². The van der Waals surface area contributed by atoms with Gasteiger partial charge in [0.05, 0.1) is 17.1 Å². The van der Waals surface area contributed by atoms with E-state index in [9.17, 15) is 0 Å². The Hall–Kier alpha value is -1.99. The molecule has 3 heterocycles. The third-order valence-corrected chi connectivity index (χ3v) is 4.35. The van der Waals surface area contributed by atoms with Crippen LogP contribution in [0, 0.1) is 0 Å². The summed E-state index contributed by atoms with van der Waals surface area (Å²) in [5.41, 5.74) is 2.75. The van der Waals surface area contributed by atoms with Gasteiger partial charge in [-0.2, -0.15) is 10.1 Å². The van der Waals surface area contributed by atoms with E-state index in [1.165, 1.54) is 0 Å². The van der Waals surface area contributed by atoms with E-state index in [2.05, 4.69) is 55.2 Å². The molecule has 0 fully saturated rings. The van der Waals surface area contributed by atoms with Crippen molar-refractivity contribution in [3.05, 3.63) is 23.8 Å². The molecule has 1 atom stereocenters. The number of nitrogens with one attached hydrogen (secondary N) is 1. The minimum Gasteiger partial charge on any atom is -0.334 e. The number of halogens is 1. The predicted molar refractivity (Wildman–Crippen MR) is 105 cm³/mol. The highest BCUT2D eigenvalue weighted by Gasteiger charge is 2.19. The molecule has 0 bridgehead atoms. The summed E-state index contributed by atoms with van der Waals surface area (Å²) in [5.74, 6) is 1.52. The van der Waals surface area contributed by atoms with Crippen molar-refractivity contribution in [2.75, 3.05) is 7.05 Å². The van der Waals surface area contributed by atoms with Crippen LogP contribution >= 0.6 is 12.4 Å². The highest BCUT2D eigenvalue weighted by atomic mass is 35.5. The molecule has 142 valence electrons. The molecule has 3 rings (SSSR count). The number of hydrogen-bond donors (Lipinski definition) is 1. The van der Waals surface area contributed by atoms with Gasteiger partial charge in [-0.3, -0.25) is 0 Å². The number of nitrogens with zero attached hydrogens (tertiary/aromatic N) is 5. The van der Waals surface area contributed by atoms with Crippen LogP contribution in [-0.2, 0) is 6.42 Å². The lowest BCUT2D eigenvalue weighted by Gasteiger charge is -2.10. The van der Waals surface area contributed by atoms with E-state index in [-0.39, 0.29) is 24.5 Å². The van der Waals surface area contributed by atoms with Gasteiger partial charge in [0.2, 0.25) is 0 Å². The van der Waals surface area contributed by atoms with Crippen LogP contribution in [0.3, 0.4) is 0 Å². The molecule has 0 aromatic carbocycles. The van der Waals surface area contributed by atoms with Crippen LogP contribution in [0.4, 0.5) is 0 Å². The van der Waals surface area contributed by atoms with Crippen molar-refractivity contribution in [2.24, 2.45) is 0 Å². The summed E-state index contributed by atoms with van der Waals surface area (Å²) >= 11 is 0. The number of rotatable bonds is 6. The van der Waals surface area contributed by atoms with Crippen LogP contribution in [0.25, 0.3) is 22.5 Å². The first kappa shape index (κ1) is 20.3. The maximum absolute atomic E-state index is 5.55. The second-order valence-electron chi connectivity index (χ2n) is 7.08. The van der Waals surface area contributed by atoms with Crippen LogP contribution in [0.5, 0.6) is 0 Å². The number of aromatic nitrogens is 5. The summed E-state index contributed by atoms with van der Waals surface area (Å²) in [5, 5.41) is 12.8. The van der Waals surface area contributed by atoms with Gasteiger partial charge in [0.25, 0.3) is 5.89 Å². The number of hydrogen-bond acceptors (Lipinski definition) is 6. The largest absolute Gasteiger partial charge is 0.334 e. The van der Waals surface area contributed by atoms with Crippen LogP contribution < -0.4 is 5.32 Å². The number of pyridine rings is 1. The van der Waals surface area contributed by atoms with E-state index >= 15 is 0 Å². The normalized spacial score (nSPS) is 12.8. The highest BCUT2D eigenvalue weighted by molar-refractivity contribution is 5.90. The fourth-order valence-electron chi connectivity index (χ4n) is 2.71. The van der Waals surface area contributed by atoms with E-state index in [0.29, 0.717) is 17.6 Å². The zero-order chi connectivity index (χ0) is 18.1. The molecule has 1 N–H and O–H groups in total. The molecule has 3 aromatic rings. The van der Waals surface area contributed by atoms with Crippen LogP contribution in [0.15, 0.2) is 16.8 Å². The van der Waals surface area contributed by atoms with Gasteiger partial charge in [-0.15, -0.1) is 12.4 Å². The highest BCUT2D eigenvalue weighted by Crippen LogP contribution is 2.30. The Morgan fingerprint density at radius 3 is 2.50 bits per heavy atom. The maximum atomic E-state index is 5.55. The lowest BCUT2D eigenvalue weighted by Crippen LogP contribution is -2.24. The minimum atomic E-state index is 0. The minimum absolute atomic E-state index is 0. The Bertz CT molecular complexity index is 870. The van der Waals surface area contributed by atoms with Crippen LogP contribution in [0.1, 0.15) is 58.1 Å². The Balaban J connectivity index is 0.00000243. The molecule has 0 aliphatic heterocycles. The lowest BCUT2D eigenvalue weighted by molar-refractivity contribution is 0.418. The molecule has 8 heteroatoms. The van der Waals surface area contributed by atoms with E-state index in [1.807, 2.05) is 24.0 Å². The summed E-state index contributed by atoms with van der Waals surface area (Å²) in [6.45, 7) is 10.5. The molecule has 7 nitrogen and oxygen atoms in total. The van der Waals surface area contributed by atoms with E-state index in [4.69, 9.17) is 9.51 Å². The average molecular weight is 379 g/mol. The van der Waals surface area contributed by atoms with Gasteiger partial charge in [0.15, 0.2) is 11.5 Å². The summed E-state index contributed by atoms with van der Waals surface area (Å²) < 4.78 is 7.49. The van der Waals surface area contributed by atoms with E-state index < -0.39 is 0 Å². The van der Waals surface area contributed by atoms with Crippen molar-refractivity contribution in [3.8, 4) is 11.5 Å². The molecule has 0 saturated carbocycles. The van der Waals surface area contributed by atoms with Crippen molar-refractivity contribution in [3.63, 3.8) is 0 Å². The summed E-state index contributed by atoms with van der Waals surface area (Å²) in [7, 11) is 1.92. The van der Waals surface area contributed by atoms with Gasteiger partial charge in [0, 0.05) is 24.2 Å². The van der Waals surface area contributed by atoms with Crippen molar-refractivity contribution < 1.29 is 4.52 Å². The fourth-order valence-corrected chi connectivity index (χ4v) is 2.71. The maximum Gasteiger partial charge on any atom is 0.258 e. The molecule has 0 saturated heterocycles. The Morgan fingerprint density at radius 2 is 1.88 bits per heavy atom. The summed E-state index contributed by atoms with van der Waals surface area (Å²) in [4.78, 5) is 9.40. The lowest BCUT2D eigenvalue weighted by atomic mass is 10.1. The first-order valence-electron chi connectivity index (χ1n) is 8.79.